The van der Waals surface area contributed by atoms with Gasteiger partial charge in [0.1, 0.15) is 0 Å². The first kappa shape index (κ1) is 20.5. The lowest BCUT2D eigenvalue weighted by Gasteiger charge is -2.14. The number of alkyl halides is 6. The molecule has 1 rings (SSSR count). The van der Waals surface area contributed by atoms with Crippen LogP contribution in [0.1, 0.15) is 11.7 Å². The predicted molar refractivity (Wildman–Crippen MR) is 55.0 cm³/mol. The van der Waals surface area contributed by atoms with Gasteiger partial charge in [0, 0.05) is 0 Å². The van der Waals surface area contributed by atoms with Gasteiger partial charge < -0.3 is 5.11 Å². The highest BCUT2D eigenvalue weighted by atomic mass is 32.2. The lowest BCUT2D eigenvalue weighted by atomic mass is 10.1. The molecule has 1 atom stereocenters. The van der Waals surface area contributed by atoms with Crippen molar-refractivity contribution in [3.05, 3.63) is 35.4 Å². The van der Waals surface area contributed by atoms with E-state index in [0.717, 1.165) is 0 Å². The Morgan fingerprint density at radius 2 is 1.36 bits per heavy atom. The van der Waals surface area contributed by atoms with Gasteiger partial charge in [-0.1, -0.05) is 6.07 Å². The summed E-state index contributed by atoms with van der Waals surface area (Å²) in [7, 11) is -5.84. The normalized spacial score (nSPS) is 14.1. The molecule has 128 valence electrons. The Bertz CT molecular complexity index is 607. The zero-order valence-corrected chi connectivity index (χ0v) is 10.8. The molecule has 0 radical (unpaired) electrons. The van der Waals surface area contributed by atoms with Gasteiger partial charge in [-0.3, -0.25) is 4.55 Å². The van der Waals surface area contributed by atoms with Gasteiger partial charge in [0.05, 0.1) is 0 Å². The maximum absolute atomic E-state index is 12.5. The zero-order chi connectivity index (χ0) is 17.9. The third-order valence-electron chi connectivity index (χ3n) is 1.86. The van der Waals surface area contributed by atoms with E-state index in [1.54, 1.807) is 0 Å². The van der Waals surface area contributed by atoms with Crippen LogP contribution in [0.15, 0.2) is 18.2 Å². The number of halogens is 8. The predicted octanol–water partition coefficient (Wildman–Crippen LogP) is 2.95. The van der Waals surface area contributed by atoms with Crippen molar-refractivity contribution in [2.75, 3.05) is 0 Å². The summed E-state index contributed by atoms with van der Waals surface area (Å²) in [6.07, 6.45) is -7.68. The second-order valence-corrected chi connectivity index (χ2v) is 4.95. The van der Waals surface area contributed by atoms with Gasteiger partial charge in [-0.25, -0.2) is 8.78 Å². The van der Waals surface area contributed by atoms with E-state index in [-0.39, 0.29) is 0 Å². The summed E-state index contributed by atoms with van der Waals surface area (Å²) in [4.78, 5) is 0. The van der Waals surface area contributed by atoms with E-state index in [1.807, 2.05) is 0 Å². The lowest BCUT2D eigenvalue weighted by molar-refractivity contribution is -0.206. The largest absolute Gasteiger partial charge is 0.522 e. The van der Waals surface area contributed by atoms with Crippen molar-refractivity contribution in [1.82, 2.24) is 0 Å². The highest BCUT2D eigenvalue weighted by molar-refractivity contribution is 7.86. The summed E-state index contributed by atoms with van der Waals surface area (Å²) < 4.78 is 118. The Balaban J connectivity index is 0.000000472. The second kappa shape index (κ2) is 6.75. The maximum atomic E-state index is 12.5. The highest BCUT2D eigenvalue weighted by Crippen LogP contribution is 2.32. The van der Waals surface area contributed by atoms with E-state index in [1.165, 1.54) is 0 Å². The Morgan fingerprint density at radius 3 is 1.64 bits per heavy atom. The minimum atomic E-state index is -5.84. The van der Waals surface area contributed by atoms with Crippen LogP contribution in [0.4, 0.5) is 35.1 Å². The van der Waals surface area contributed by atoms with Crippen molar-refractivity contribution in [2.45, 2.75) is 17.8 Å². The minimum Gasteiger partial charge on any atom is -0.379 e. The van der Waals surface area contributed by atoms with Gasteiger partial charge in [0.25, 0.3) is 0 Å². The van der Waals surface area contributed by atoms with Gasteiger partial charge in [-0.15, -0.1) is 0 Å². The van der Waals surface area contributed by atoms with Crippen LogP contribution >= 0.6 is 0 Å². The third kappa shape index (κ3) is 6.11. The number of benzene rings is 1. The summed E-state index contributed by atoms with van der Waals surface area (Å²) in [5.41, 5.74) is -6.26. The zero-order valence-electron chi connectivity index (χ0n) is 9.95. The molecule has 0 aromatic heterocycles. The summed E-state index contributed by atoms with van der Waals surface area (Å²) >= 11 is 0. The first-order chi connectivity index (χ1) is 9.57. The molecule has 4 nitrogen and oxygen atoms in total. The molecule has 0 unspecified atom stereocenters. The van der Waals surface area contributed by atoms with E-state index < -0.39 is 45.1 Å². The number of aliphatic hydroxyl groups is 1. The summed E-state index contributed by atoms with van der Waals surface area (Å²) in [6, 6.07) is 1.52. The number of hydrogen-bond donors (Lipinski definition) is 2. The van der Waals surface area contributed by atoms with Crippen molar-refractivity contribution >= 4 is 10.1 Å². The average molecular weight is 362 g/mol. The standard InChI is InChI=1S/C8H5F5O.CHF3O3S/c9-5-2-1-4(3-6(5)10)7(14)8(11,12)13;2-1(3,4)8(5,6)7/h1-3,7,14H;(H,5,6,7)/t7-;/m0./s1. The minimum absolute atomic E-state index is 0.313. The molecule has 1 aromatic rings. The average Bonchev–Trinajstić information content (AvgIpc) is 2.29. The topological polar surface area (TPSA) is 74.6 Å². The third-order valence-corrected chi connectivity index (χ3v) is 2.45. The molecule has 22 heavy (non-hydrogen) atoms. The molecule has 0 aliphatic carbocycles. The maximum Gasteiger partial charge on any atom is 0.522 e. The Labute approximate surface area is 117 Å². The molecule has 0 heterocycles. The SMILES string of the molecule is O=S(=O)(O)C(F)(F)F.O[C@@H](c1ccc(F)c(F)c1)C(F)(F)F. The van der Waals surface area contributed by atoms with Gasteiger partial charge in [-0.05, 0) is 17.7 Å². The van der Waals surface area contributed by atoms with Crippen molar-refractivity contribution in [3.8, 4) is 0 Å². The van der Waals surface area contributed by atoms with Crippen molar-refractivity contribution in [3.63, 3.8) is 0 Å². The van der Waals surface area contributed by atoms with Crippen molar-refractivity contribution in [1.29, 1.82) is 0 Å². The smallest absolute Gasteiger partial charge is 0.379 e. The summed E-state index contributed by atoms with van der Waals surface area (Å²) in [6.45, 7) is 0. The Kier molecular flexibility index (Phi) is 6.29. The van der Waals surface area contributed by atoms with Crippen LogP contribution in [-0.2, 0) is 10.1 Å². The summed E-state index contributed by atoms with van der Waals surface area (Å²) in [5.74, 6) is -2.69. The lowest BCUT2D eigenvalue weighted by Crippen LogP contribution is -2.21. The number of hydrogen-bond acceptors (Lipinski definition) is 3. The number of aliphatic hydroxyl groups excluding tert-OH is 1. The van der Waals surface area contributed by atoms with Crippen LogP contribution in [0, 0.1) is 11.6 Å². The molecule has 0 spiro atoms. The Hall–Kier alpha value is -1.47. The molecule has 0 bridgehead atoms. The van der Waals surface area contributed by atoms with E-state index in [2.05, 4.69) is 0 Å². The quantitative estimate of drug-likeness (QED) is 0.458. The monoisotopic (exact) mass is 362 g/mol. The van der Waals surface area contributed by atoms with Gasteiger partial charge in [0.15, 0.2) is 17.7 Å². The molecule has 1 aromatic carbocycles. The number of rotatable bonds is 1. The first-order valence-corrected chi connectivity index (χ1v) is 6.25. The van der Waals surface area contributed by atoms with E-state index in [4.69, 9.17) is 18.1 Å². The first-order valence-electron chi connectivity index (χ1n) is 4.81. The molecule has 0 saturated heterocycles. The van der Waals surface area contributed by atoms with Crippen LogP contribution in [0.2, 0.25) is 0 Å². The van der Waals surface area contributed by atoms with Crippen molar-refractivity contribution in [2.24, 2.45) is 0 Å². The summed E-state index contributed by atoms with van der Waals surface area (Å²) in [5, 5.41) is 8.66. The van der Waals surface area contributed by atoms with Crippen LogP contribution < -0.4 is 0 Å². The highest BCUT2D eigenvalue weighted by Gasteiger charge is 2.44. The molecule has 0 saturated carbocycles. The van der Waals surface area contributed by atoms with Crippen LogP contribution in [-0.4, -0.2) is 29.8 Å². The van der Waals surface area contributed by atoms with E-state index in [0.29, 0.717) is 18.2 Å². The molecular formula is C9H6F8O4S. The molecular weight excluding hydrogens is 356 g/mol. The van der Waals surface area contributed by atoms with E-state index in [9.17, 15) is 35.1 Å². The second-order valence-electron chi connectivity index (χ2n) is 3.54. The van der Waals surface area contributed by atoms with Crippen molar-refractivity contribution < 1.29 is 53.2 Å². The molecule has 13 heteroatoms. The van der Waals surface area contributed by atoms with Crippen LogP contribution in [0.5, 0.6) is 0 Å². The molecule has 0 fully saturated rings. The fourth-order valence-electron chi connectivity index (χ4n) is 0.871. The fraction of sp³-hybridized carbons (Fsp3) is 0.333. The van der Waals surface area contributed by atoms with Gasteiger partial charge in [-0.2, -0.15) is 34.8 Å². The van der Waals surface area contributed by atoms with Crippen LogP contribution in [0.3, 0.4) is 0 Å². The molecule has 0 aliphatic heterocycles. The van der Waals surface area contributed by atoms with Gasteiger partial charge in [0.2, 0.25) is 0 Å². The molecule has 0 amide bonds. The Morgan fingerprint density at radius 1 is 0.955 bits per heavy atom. The fourth-order valence-corrected chi connectivity index (χ4v) is 0.871. The van der Waals surface area contributed by atoms with Gasteiger partial charge >= 0.3 is 21.8 Å². The van der Waals surface area contributed by atoms with Crippen LogP contribution in [0.25, 0.3) is 0 Å². The molecule has 0 aliphatic rings. The molecule has 2 N–H and O–H groups in total. The van der Waals surface area contributed by atoms with E-state index >= 15 is 0 Å².